The lowest BCUT2D eigenvalue weighted by molar-refractivity contribution is 0.801. The van der Waals surface area contributed by atoms with Gasteiger partial charge in [0.1, 0.15) is 5.82 Å². The molecule has 0 bridgehead atoms. The molecule has 0 fully saturated rings. The van der Waals surface area contributed by atoms with Crippen molar-refractivity contribution in [3.63, 3.8) is 0 Å². The predicted molar refractivity (Wildman–Crippen MR) is 60.0 cm³/mol. The van der Waals surface area contributed by atoms with E-state index in [-0.39, 0.29) is 17.3 Å². The Morgan fingerprint density at radius 3 is 2.67 bits per heavy atom. The Morgan fingerprint density at radius 1 is 1.40 bits per heavy atom. The summed E-state index contributed by atoms with van der Waals surface area (Å²) < 4.78 is 1.20. The number of nitrogens with zero attached hydrogens (tertiary/aromatic N) is 3. The van der Waals surface area contributed by atoms with Crippen molar-refractivity contribution in [3.8, 4) is 0 Å². The molecule has 0 saturated heterocycles. The highest BCUT2D eigenvalue weighted by molar-refractivity contribution is 7.20. The monoisotopic (exact) mass is 225 g/mol. The van der Waals surface area contributed by atoms with Crippen LogP contribution in [0.2, 0.25) is 0 Å². The van der Waals surface area contributed by atoms with Crippen LogP contribution in [-0.4, -0.2) is 14.6 Å². The largest absolute Gasteiger partial charge is 0.383 e. The van der Waals surface area contributed by atoms with E-state index >= 15 is 0 Å². The molecular formula is C8H11N5OS. The maximum absolute atomic E-state index is 11.9. The average Bonchev–Trinajstić information content (AvgIpc) is 2.45. The Balaban J connectivity index is 2.89. The fraction of sp³-hybridized carbons (Fsp3) is 0.375. The number of fused-ring (bicyclic) bond motifs is 1. The molecule has 0 aliphatic rings. The summed E-state index contributed by atoms with van der Waals surface area (Å²) in [5.41, 5.74) is 11.5. The van der Waals surface area contributed by atoms with Crippen molar-refractivity contribution in [2.24, 2.45) is 0 Å². The maximum atomic E-state index is 11.9. The highest BCUT2D eigenvalue weighted by atomic mass is 32.1. The Labute approximate surface area is 89.5 Å². The van der Waals surface area contributed by atoms with Crippen molar-refractivity contribution < 1.29 is 0 Å². The second kappa shape index (κ2) is 3.20. The zero-order valence-electron chi connectivity index (χ0n) is 8.39. The van der Waals surface area contributed by atoms with Crippen LogP contribution in [0.4, 0.5) is 10.9 Å². The van der Waals surface area contributed by atoms with E-state index in [1.165, 1.54) is 4.52 Å². The Bertz CT molecular complexity index is 570. The van der Waals surface area contributed by atoms with Crippen LogP contribution in [0.1, 0.15) is 25.3 Å². The van der Waals surface area contributed by atoms with Crippen molar-refractivity contribution in [2.75, 3.05) is 11.5 Å². The molecule has 2 aromatic heterocycles. The second-order valence-corrected chi connectivity index (χ2v) is 4.49. The summed E-state index contributed by atoms with van der Waals surface area (Å²) in [5, 5.41) is 4.18. The first kappa shape index (κ1) is 9.91. The van der Waals surface area contributed by atoms with Gasteiger partial charge in [-0.2, -0.15) is 4.52 Å². The lowest BCUT2D eigenvalue weighted by Gasteiger charge is -2.06. The molecule has 0 saturated carbocycles. The summed E-state index contributed by atoms with van der Waals surface area (Å²) in [5.74, 6) is 0.281. The van der Waals surface area contributed by atoms with Gasteiger partial charge >= 0.3 is 0 Å². The van der Waals surface area contributed by atoms with Gasteiger partial charge in [-0.15, -0.1) is 5.10 Å². The quantitative estimate of drug-likeness (QED) is 0.733. The molecule has 0 aliphatic heterocycles. The zero-order valence-corrected chi connectivity index (χ0v) is 9.21. The van der Waals surface area contributed by atoms with Gasteiger partial charge < -0.3 is 11.5 Å². The molecule has 2 rings (SSSR count). The maximum Gasteiger partial charge on any atom is 0.280 e. The Kier molecular flexibility index (Phi) is 2.11. The van der Waals surface area contributed by atoms with Gasteiger partial charge in [0.25, 0.3) is 5.56 Å². The molecule has 0 radical (unpaired) electrons. The number of aromatic nitrogens is 3. The Morgan fingerprint density at radius 2 is 2.07 bits per heavy atom. The molecule has 80 valence electrons. The van der Waals surface area contributed by atoms with E-state index in [9.17, 15) is 4.79 Å². The van der Waals surface area contributed by atoms with Crippen LogP contribution in [0.3, 0.4) is 0 Å². The smallest absolute Gasteiger partial charge is 0.280 e. The molecule has 2 heterocycles. The minimum atomic E-state index is -0.236. The normalized spacial score (nSPS) is 11.4. The van der Waals surface area contributed by atoms with Crippen LogP contribution in [-0.2, 0) is 0 Å². The van der Waals surface area contributed by atoms with E-state index in [2.05, 4.69) is 10.1 Å². The number of anilines is 2. The van der Waals surface area contributed by atoms with Gasteiger partial charge in [-0.3, -0.25) is 4.79 Å². The third-order valence-electron chi connectivity index (χ3n) is 2.07. The first-order valence-electron chi connectivity index (χ1n) is 4.45. The van der Waals surface area contributed by atoms with Gasteiger partial charge in [0.15, 0.2) is 0 Å². The SMILES string of the molecule is CC(C)c1c(N)nc2sc(N)nn2c1=O. The summed E-state index contributed by atoms with van der Waals surface area (Å²) in [6.07, 6.45) is 0. The van der Waals surface area contributed by atoms with Crippen LogP contribution in [0.5, 0.6) is 0 Å². The summed E-state index contributed by atoms with van der Waals surface area (Å²) in [7, 11) is 0. The van der Waals surface area contributed by atoms with Crippen LogP contribution >= 0.6 is 11.3 Å². The summed E-state index contributed by atoms with van der Waals surface area (Å²) >= 11 is 1.14. The second-order valence-electron chi connectivity index (χ2n) is 3.51. The average molecular weight is 225 g/mol. The van der Waals surface area contributed by atoms with Crippen LogP contribution in [0, 0.1) is 0 Å². The van der Waals surface area contributed by atoms with Gasteiger partial charge in [0.05, 0.1) is 5.56 Å². The van der Waals surface area contributed by atoms with Crippen LogP contribution < -0.4 is 17.0 Å². The van der Waals surface area contributed by atoms with Crippen molar-refractivity contribution in [1.29, 1.82) is 0 Å². The van der Waals surface area contributed by atoms with Gasteiger partial charge in [-0.1, -0.05) is 25.2 Å². The molecule has 2 aromatic rings. The van der Waals surface area contributed by atoms with E-state index in [1.54, 1.807) is 0 Å². The lowest BCUT2D eigenvalue weighted by atomic mass is 10.1. The topological polar surface area (TPSA) is 99.3 Å². The molecule has 0 aliphatic carbocycles. The third-order valence-corrected chi connectivity index (χ3v) is 2.81. The fourth-order valence-electron chi connectivity index (χ4n) is 1.43. The highest BCUT2D eigenvalue weighted by Gasteiger charge is 2.15. The molecule has 0 spiro atoms. The first-order valence-corrected chi connectivity index (χ1v) is 5.27. The Hall–Kier alpha value is -1.63. The minimum absolute atomic E-state index is 0.0184. The number of nitrogens with two attached hydrogens (primary N) is 2. The van der Waals surface area contributed by atoms with E-state index < -0.39 is 0 Å². The van der Waals surface area contributed by atoms with Gasteiger partial charge in [-0.05, 0) is 5.92 Å². The standard InChI is InChI=1S/C8H11N5OS/c1-3(2)4-5(9)11-8-13(6(4)14)12-7(10)15-8/h3H,9H2,1-2H3,(H2,10,12). The summed E-state index contributed by atoms with van der Waals surface area (Å²) in [6.45, 7) is 3.77. The summed E-state index contributed by atoms with van der Waals surface area (Å²) in [6, 6.07) is 0. The number of nitrogen functional groups attached to an aromatic ring is 2. The molecule has 4 N–H and O–H groups in total. The van der Waals surface area contributed by atoms with Gasteiger partial charge in [0.2, 0.25) is 10.1 Å². The number of hydrogen-bond acceptors (Lipinski definition) is 6. The fourth-order valence-corrected chi connectivity index (χ4v) is 2.09. The summed E-state index contributed by atoms with van der Waals surface area (Å²) in [4.78, 5) is 16.5. The van der Waals surface area contributed by atoms with Crippen molar-refractivity contribution in [3.05, 3.63) is 15.9 Å². The van der Waals surface area contributed by atoms with E-state index in [1.807, 2.05) is 13.8 Å². The minimum Gasteiger partial charge on any atom is -0.383 e. The highest BCUT2D eigenvalue weighted by Crippen LogP contribution is 2.19. The third kappa shape index (κ3) is 1.44. The van der Waals surface area contributed by atoms with Crippen molar-refractivity contribution in [2.45, 2.75) is 19.8 Å². The molecule has 7 heteroatoms. The lowest BCUT2D eigenvalue weighted by Crippen LogP contribution is -2.23. The van der Waals surface area contributed by atoms with E-state index in [0.29, 0.717) is 15.7 Å². The van der Waals surface area contributed by atoms with Crippen molar-refractivity contribution >= 4 is 27.2 Å². The predicted octanol–water partition coefficient (Wildman–Crippen LogP) is 0.439. The van der Waals surface area contributed by atoms with Gasteiger partial charge in [0, 0.05) is 0 Å². The molecule has 15 heavy (non-hydrogen) atoms. The number of rotatable bonds is 1. The van der Waals surface area contributed by atoms with E-state index in [4.69, 9.17) is 11.5 Å². The van der Waals surface area contributed by atoms with Gasteiger partial charge in [-0.25, -0.2) is 4.98 Å². The van der Waals surface area contributed by atoms with Crippen molar-refractivity contribution in [1.82, 2.24) is 14.6 Å². The molecule has 6 nitrogen and oxygen atoms in total. The first-order chi connectivity index (χ1) is 7.00. The van der Waals surface area contributed by atoms with Crippen LogP contribution in [0.25, 0.3) is 4.96 Å². The van der Waals surface area contributed by atoms with E-state index in [0.717, 1.165) is 11.3 Å². The molecule has 0 unspecified atom stereocenters. The van der Waals surface area contributed by atoms with Crippen LogP contribution in [0.15, 0.2) is 4.79 Å². The number of hydrogen-bond donors (Lipinski definition) is 2. The molecule has 0 amide bonds. The molecule has 0 atom stereocenters. The molecular weight excluding hydrogens is 214 g/mol. The zero-order chi connectivity index (χ0) is 11.2. The molecule has 0 aromatic carbocycles.